The fourth-order valence-electron chi connectivity index (χ4n) is 2.80. The van der Waals surface area contributed by atoms with Crippen LogP contribution in [0.5, 0.6) is 0 Å². The standard InChI is InChI=1S/C17H28N4O2S/c1-14-5-7-16(8-6-14)21-11-9-15(13-21)20-17(18-2)19-10-4-12-24(3,22)23/h5-8,15H,4,9-13H2,1-3H3,(H2,18,19,20). The Morgan fingerprint density at radius 1 is 1.33 bits per heavy atom. The van der Waals surface area contributed by atoms with Crippen LogP contribution in [0.25, 0.3) is 0 Å². The predicted molar refractivity (Wildman–Crippen MR) is 101 cm³/mol. The molecule has 7 heteroatoms. The van der Waals surface area contributed by atoms with Crippen LogP contribution in [-0.4, -0.2) is 59.1 Å². The molecular weight excluding hydrogens is 324 g/mol. The lowest BCUT2D eigenvalue weighted by Crippen LogP contribution is -2.45. The van der Waals surface area contributed by atoms with Crippen molar-refractivity contribution in [2.75, 3.05) is 43.6 Å². The smallest absolute Gasteiger partial charge is 0.191 e. The molecule has 0 aromatic heterocycles. The number of nitrogens with one attached hydrogen (secondary N) is 2. The van der Waals surface area contributed by atoms with Crippen LogP contribution in [0.3, 0.4) is 0 Å². The number of hydrogen-bond donors (Lipinski definition) is 2. The minimum atomic E-state index is -2.90. The average molecular weight is 353 g/mol. The van der Waals surface area contributed by atoms with Gasteiger partial charge in [0.05, 0.1) is 5.75 Å². The lowest BCUT2D eigenvalue weighted by molar-refractivity contribution is 0.597. The van der Waals surface area contributed by atoms with E-state index in [0.717, 1.165) is 25.5 Å². The number of aryl methyl sites for hydroxylation is 1. The van der Waals surface area contributed by atoms with Gasteiger partial charge in [-0.2, -0.15) is 0 Å². The Hall–Kier alpha value is -1.76. The number of hydrogen-bond acceptors (Lipinski definition) is 4. The third-order valence-corrected chi connectivity index (χ3v) is 5.17. The molecule has 24 heavy (non-hydrogen) atoms. The van der Waals surface area contributed by atoms with Crippen molar-refractivity contribution in [2.45, 2.75) is 25.8 Å². The number of benzene rings is 1. The number of aliphatic imine (C=N–C) groups is 1. The highest BCUT2D eigenvalue weighted by Crippen LogP contribution is 2.20. The van der Waals surface area contributed by atoms with Gasteiger partial charge in [0, 0.05) is 44.7 Å². The zero-order valence-electron chi connectivity index (χ0n) is 14.7. The number of rotatable bonds is 6. The molecule has 1 aromatic carbocycles. The molecule has 0 aliphatic carbocycles. The molecule has 0 amide bonds. The van der Waals surface area contributed by atoms with Crippen LogP contribution in [0.4, 0.5) is 5.69 Å². The van der Waals surface area contributed by atoms with Gasteiger partial charge in [0.25, 0.3) is 0 Å². The van der Waals surface area contributed by atoms with Crippen molar-refractivity contribution in [1.82, 2.24) is 10.6 Å². The fraction of sp³-hybridized carbons (Fsp3) is 0.588. The molecule has 2 rings (SSSR count). The number of nitrogens with zero attached hydrogens (tertiary/aromatic N) is 2. The number of anilines is 1. The number of guanidine groups is 1. The van der Waals surface area contributed by atoms with Crippen molar-refractivity contribution in [3.8, 4) is 0 Å². The van der Waals surface area contributed by atoms with Gasteiger partial charge >= 0.3 is 0 Å². The lowest BCUT2D eigenvalue weighted by atomic mass is 10.2. The zero-order valence-corrected chi connectivity index (χ0v) is 15.6. The first-order chi connectivity index (χ1) is 11.4. The van der Waals surface area contributed by atoms with Crippen molar-refractivity contribution in [3.63, 3.8) is 0 Å². The predicted octanol–water partition coefficient (Wildman–Crippen LogP) is 1.17. The Morgan fingerprint density at radius 3 is 2.67 bits per heavy atom. The summed E-state index contributed by atoms with van der Waals surface area (Å²) in [6.45, 7) is 4.65. The second kappa shape index (κ2) is 8.37. The maximum absolute atomic E-state index is 11.1. The summed E-state index contributed by atoms with van der Waals surface area (Å²) in [6, 6.07) is 8.94. The molecule has 0 saturated carbocycles. The van der Waals surface area contributed by atoms with Crippen LogP contribution < -0.4 is 15.5 Å². The Labute approximate surface area is 145 Å². The Kier molecular flexibility index (Phi) is 6.48. The monoisotopic (exact) mass is 352 g/mol. The molecule has 1 aliphatic heterocycles. The highest BCUT2D eigenvalue weighted by molar-refractivity contribution is 7.90. The fourth-order valence-corrected chi connectivity index (χ4v) is 3.47. The van der Waals surface area contributed by atoms with E-state index in [1.165, 1.54) is 17.5 Å². The van der Waals surface area contributed by atoms with Crippen molar-refractivity contribution in [1.29, 1.82) is 0 Å². The van der Waals surface area contributed by atoms with E-state index in [9.17, 15) is 8.42 Å². The van der Waals surface area contributed by atoms with Gasteiger partial charge in [0.1, 0.15) is 9.84 Å². The van der Waals surface area contributed by atoms with E-state index in [1.54, 1.807) is 7.05 Å². The summed E-state index contributed by atoms with van der Waals surface area (Å²) in [5.74, 6) is 0.931. The molecule has 2 N–H and O–H groups in total. The Balaban J connectivity index is 1.77. The van der Waals surface area contributed by atoms with E-state index in [2.05, 4.69) is 51.7 Å². The van der Waals surface area contributed by atoms with Gasteiger partial charge in [-0.1, -0.05) is 17.7 Å². The van der Waals surface area contributed by atoms with Crippen LogP contribution in [0.2, 0.25) is 0 Å². The quantitative estimate of drug-likeness (QED) is 0.457. The lowest BCUT2D eigenvalue weighted by Gasteiger charge is -2.20. The normalized spacial score (nSPS) is 18.7. The summed E-state index contributed by atoms with van der Waals surface area (Å²) >= 11 is 0. The van der Waals surface area contributed by atoms with Crippen molar-refractivity contribution in [3.05, 3.63) is 29.8 Å². The SMILES string of the molecule is CN=C(NCCCS(C)(=O)=O)NC1CCN(c2ccc(C)cc2)C1. The van der Waals surface area contributed by atoms with E-state index in [-0.39, 0.29) is 5.75 Å². The largest absolute Gasteiger partial charge is 0.369 e. The third-order valence-electron chi connectivity index (χ3n) is 4.14. The molecule has 134 valence electrons. The molecule has 0 radical (unpaired) electrons. The third kappa shape index (κ3) is 6.03. The highest BCUT2D eigenvalue weighted by atomic mass is 32.2. The van der Waals surface area contributed by atoms with Gasteiger partial charge in [-0.3, -0.25) is 4.99 Å². The van der Waals surface area contributed by atoms with E-state index in [4.69, 9.17) is 0 Å². The van der Waals surface area contributed by atoms with E-state index >= 15 is 0 Å². The minimum absolute atomic E-state index is 0.196. The van der Waals surface area contributed by atoms with Gasteiger partial charge in [0.15, 0.2) is 5.96 Å². The molecule has 0 spiro atoms. The van der Waals surface area contributed by atoms with Crippen LogP contribution in [0.1, 0.15) is 18.4 Å². The summed E-state index contributed by atoms with van der Waals surface area (Å²) in [5, 5.41) is 6.61. The van der Waals surface area contributed by atoms with Gasteiger partial charge < -0.3 is 15.5 Å². The first-order valence-electron chi connectivity index (χ1n) is 8.34. The second-order valence-corrected chi connectivity index (χ2v) is 8.65. The maximum Gasteiger partial charge on any atom is 0.191 e. The van der Waals surface area contributed by atoms with Crippen LogP contribution in [-0.2, 0) is 9.84 Å². The van der Waals surface area contributed by atoms with Gasteiger partial charge in [-0.15, -0.1) is 0 Å². The van der Waals surface area contributed by atoms with Crippen molar-refractivity contribution >= 4 is 21.5 Å². The van der Waals surface area contributed by atoms with Crippen molar-refractivity contribution in [2.24, 2.45) is 4.99 Å². The molecule has 1 aliphatic rings. The molecule has 1 aromatic rings. The molecule has 1 atom stereocenters. The summed E-state index contributed by atoms with van der Waals surface area (Å²) in [7, 11) is -1.16. The summed E-state index contributed by atoms with van der Waals surface area (Å²) in [4.78, 5) is 6.59. The number of sulfone groups is 1. The summed E-state index contributed by atoms with van der Waals surface area (Å²) in [5.41, 5.74) is 2.52. The minimum Gasteiger partial charge on any atom is -0.369 e. The van der Waals surface area contributed by atoms with Gasteiger partial charge in [-0.05, 0) is 31.9 Å². The summed E-state index contributed by atoms with van der Waals surface area (Å²) < 4.78 is 22.3. The van der Waals surface area contributed by atoms with Crippen LogP contribution in [0.15, 0.2) is 29.3 Å². The molecule has 0 bridgehead atoms. The van der Waals surface area contributed by atoms with E-state index < -0.39 is 9.84 Å². The maximum atomic E-state index is 11.1. The van der Waals surface area contributed by atoms with E-state index in [0.29, 0.717) is 19.0 Å². The molecule has 1 unspecified atom stereocenters. The van der Waals surface area contributed by atoms with Gasteiger partial charge in [-0.25, -0.2) is 8.42 Å². The van der Waals surface area contributed by atoms with Crippen molar-refractivity contribution < 1.29 is 8.42 Å². The second-order valence-electron chi connectivity index (χ2n) is 6.39. The van der Waals surface area contributed by atoms with E-state index in [1.807, 2.05) is 0 Å². The van der Waals surface area contributed by atoms with Gasteiger partial charge in [0.2, 0.25) is 0 Å². The molecule has 6 nitrogen and oxygen atoms in total. The first-order valence-corrected chi connectivity index (χ1v) is 10.4. The topological polar surface area (TPSA) is 73.8 Å². The van der Waals surface area contributed by atoms with Crippen LogP contribution in [0, 0.1) is 6.92 Å². The average Bonchev–Trinajstić information content (AvgIpc) is 2.98. The Morgan fingerprint density at radius 2 is 2.04 bits per heavy atom. The first kappa shape index (κ1) is 18.6. The zero-order chi connectivity index (χ0) is 17.6. The highest BCUT2D eigenvalue weighted by Gasteiger charge is 2.23. The molecular formula is C17H28N4O2S. The summed E-state index contributed by atoms with van der Waals surface area (Å²) in [6.07, 6.45) is 2.90. The molecule has 1 heterocycles. The van der Waals surface area contributed by atoms with Crippen LogP contribution >= 0.6 is 0 Å². The molecule has 1 fully saturated rings. The molecule has 1 saturated heterocycles. The Bertz CT molecular complexity index is 656.